The Morgan fingerprint density at radius 1 is 1.27 bits per heavy atom. The lowest BCUT2D eigenvalue weighted by Crippen LogP contribution is -2.31. The van der Waals surface area contributed by atoms with Crippen molar-refractivity contribution < 1.29 is 23.1 Å². The third-order valence-corrected chi connectivity index (χ3v) is 5.72. The minimum Gasteiger partial charge on any atom is -0.495 e. The summed E-state index contributed by atoms with van der Waals surface area (Å²) < 4.78 is 23.8. The summed E-state index contributed by atoms with van der Waals surface area (Å²) in [5.74, 6) is -0.375. The molecule has 168 valence electrons. The molecule has 0 unspecified atom stereocenters. The Morgan fingerprint density at radius 3 is 2.82 bits per heavy atom. The van der Waals surface area contributed by atoms with Gasteiger partial charge in [0.2, 0.25) is 5.91 Å². The van der Waals surface area contributed by atoms with Crippen LogP contribution >= 0.6 is 23.4 Å². The van der Waals surface area contributed by atoms with E-state index in [4.69, 9.17) is 20.8 Å². The molecule has 4 rings (SSSR count). The second kappa shape index (κ2) is 9.93. The quantitative estimate of drug-likeness (QED) is 0.485. The number of thioether (sulfide) groups is 1. The van der Waals surface area contributed by atoms with E-state index < -0.39 is 11.7 Å². The number of nitrogens with one attached hydrogen (secondary N) is 1. The zero-order valence-corrected chi connectivity index (χ0v) is 18.8. The van der Waals surface area contributed by atoms with Gasteiger partial charge in [0.1, 0.15) is 23.0 Å². The van der Waals surface area contributed by atoms with Crippen LogP contribution in [0.1, 0.15) is 5.76 Å². The Labute approximate surface area is 197 Å². The zero-order valence-electron chi connectivity index (χ0n) is 17.2. The van der Waals surface area contributed by atoms with Crippen LogP contribution in [-0.4, -0.2) is 29.8 Å². The van der Waals surface area contributed by atoms with Crippen molar-refractivity contribution >= 4 is 57.8 Å². The number of amidine groups is 1. The average Bonchev–Trinajstić information content (AvgIpc) is 3.40. The van der Waals surface area contributed by atoms with E-state index in [1.165, 1.54) is 42.5 Å². The number of furan rings is 1. The maximum absolute atomic E-state index is 13.4. The van der Waals surface area contributed by atoms with E-state index >= 15 is 0 Å². The molecule has 33 heavy (non-hydrogen) atoms. The Balaban J connectivity index is 1.57. The molecule has 7 nitrogen and oxygen atoms in total. The summed E-state index contributed by atoms with van der Waals surface area (Å²) in [5.41, 5.74) is 0.942. The number of hydrogen-bond donors (Lipinski definition) is 1. The fourth-order valence-corrected chi connectivity index (χ4v) is 4.08. The summed E-state index contributed by atoms with van der Waals surface area (Å²) in [4.78, 5) is 31.3. The number of carbonyl (C=O) groups is 2. The summed E-state index contributed by atoms with van der Waals surface area (Å²) in [6, 6.07) is 13.9. The lowest BCUT2D eigenvalue weighted by Gasteiger charge is -2.18. The molecule has 2 aromatic carbocycles. The van der Waals surface area contributed by atoms with Gasteiger partial charge >= 0.3 is 0 Å². The van der Waals surface area contributed by atoms with Crippen LogP contribution in [0.3, 0.4) is 0 Å². The van der Waals surface area contributed by atoms with E-state index in [-0.39, 0.29) is 22.5 Å². The number of carbonyl (C=O) groups excluding carboxylic acids is 2. The van der Waals surface area contributed by atoms with Crippen molar-refractivity contribution in [2.24, 2.45) is 4.99 Å². The van der Waals surface area contributed by atoms with E-state index in [1.54, 1.807) is 36.4 Å². The molecular formula is C23H17ClFN3O4S. The number of methoxy groups -OCH3 is 1. The number of benzene rings is 2. The van der Waals surface area contributed by atoms with Crippen LogP contribution in [0.2, 0.25) is 5.02 Å². The number of hydrogen-bond acceptors (Lipinski definition) is 6. The molecule has 0 saturated heterocycles. The first-order valence-electron chi connectivity index (χ1n) is 9.64. The average molecular weight is 486 g/mol. The van der Waals surface area contributed by atoms with E-state index in [1.807, 2.05) is 0 Å². The smallest absolute Gasteiger partial charge is 0.283 e. The standard InChI is InChI=1S/C23H17ClFN3O4S/c1-31-20-8-7-16(11-18(20)24)28-22(30)19(12-17-6-3-9-32-17)27-23(28)33-13-21(29)26-15-5-2-4-14(25)10-15/h2-12H,13H2,1H3,(H,26,29)/b19-12-. The van der Waals surface area contributed by atoms with E-state index in [0.717, 1.165) is 11.8 Å². The number of ether oxygens (including phenoxy) is 1. The second-order valence-electron chi connectivity index (χ2n) is 6.75. The van der Waals surface area contributed by atoms with Crippen molar-refractivity contribution in [2.75, 3.05) is 23.1 Å². The Hall–Kier alpha value is -3.56. The van der Waals surface area contributed by atoms with Gasteiger partial charge in [0.05, 0.1) is 29.8 Å². The number of aliphatic imine (C=N–C) groups is 1. The van der Waals surface area contributed by atoms with Gasteiger partial charge in [-0.3, -0.25) is 14.5 Å². The van der Waals surface area contributed by atoms with E-state index in [9.17, 15) is 14.0 Å². The number of anilines is 2. The molecule has 2 amide bonds. The molecule has 1 aromatic heterocycles. The summed E-state index contributed by atoms with van der Waals surface area (Å²) in [5, 5.41) is 3.22. The first-order chi connectivity index (χ1) is 15.9. The first-order valence-corrected chi connectivity index (χ1v) is 11.0. The SMILES string of the molecule is COc1ccc(N2C(=O)/C(=C/c3ccco3)N=C2SCC(=O)Nc2cccc(F)c2)cc1Cl. The summed E-state index contributed by atoms with van der Waals surface area (Å²) in [6.45, 7) is 0. The Kier molecular flexibility index (Phi) is 6.81. The molecule has 1 aliphatic heterocycles. The lowest BCUT2D eigenvalue weighted by atomic mass is 10.2. The first kappa shape index (κ1) is 22.6. The van der Waals surface area contributed by atoms with Crippen LogP contribution in [0, 0.1) is 5.82 Å². The molecule has 0 fully saturated rings. The van der Waals surface area contributed by atoms with Crippen molar-refractivity contribution in [3.8, 4) is 5.75 Å². The molecular weight excluding hydrogens is 469 g/mol. The highest BCUT2D eigenvalue weighted by Crippen LogP contribution is 2.34. The van der Waals surface area contributed by atoms with Gasteiger partial charge < -0.3 is 14.5 Å². The summed E-state index contributed by atoms with van der Waals surface area (Å²) >= 11 is 7.31. The topological polar surface area (TPSA) is 84.1 Å². The predicted molar refractivity (Wildman–Crippen MR) is 127 cm³/mol. The fourth-order valence-electron chi connectivity index (χ4n) is 3.02. The van der Waals surface area contributed by atoms with Gasteiger partial charge in [-0.1, -0.05) is 29.4 Å². The highest BCUT2D eigenvalue weighted by atomic mass is 35.5. The monoisotopic (exact) mass is 485 g/mol. The van der Waals surface area contributed by atoms with Crippen molar-refractivity contribution in [1.29, 1.82) is 0 Å². The second-order valence-corrected chi connectivity index (χ2v) is 8.10. The predicted octanol–water partition coefficient (Wildman–Crippen LogP) is 5.20. The number of nitrogens with zero attached hydrogens (tertiary/aromatic N) is 2. The fraction of sp³-hybridized carbons (Fsp3) is 0.0870. The van der Waals surface area contributed by atoms with Crippen LogP contribution in [-0.2, 0) is 9.59 Å². The molecule has 0 radical (unpaired) electrons. The molecule has 0 saturated carbocycles. The molecule has 1 aliphatic rings. The van der Waals surface area contributed by atoms with Crippen LogP contribution in [0.25, 0.3) is 6.08 Å². The van der Waals surface area contributed by atoms with Gasteiger partial charge in [0.25, 0.3) is 5.91 Å². The van der Waals surface area contributed by atoms with Gasteiger partial charge in [-0.25, -0.2) is 9.38 Å². The number of amides is 2. The van der Waals surface area contributed by atoms with Gasteiger partial charge in [-0.05, 0) is 48.5 Å². The van der Waals surface area contributed by atoms with Gasteiger partial charge in [-0.15, -0.1) is 0 Å². The summed E-state index contributed by atoms with van der Waals surface area (Å²) in [6.07, 6.45) is 3.00. The molecule has 3 aromatic rings. The van der Waals surface area contributed by atoms with E-state index in [0.29, 0.717) is 27.9 Å². The minimum atomic E-state index is -0.457. The Bertz CT molecular complexity index is 1260. The normalized spacial score (nSPS) is 14.5. The highest BCUT2D eigenvalue weighted by Gasteiger charge is 2.33. The van der Waals surface area contributed by atoms with E-state index in [2.05, 4.69) is 10.3 Å². The summed E-state index contributed by atoms with van der Waals surface area (Å²) in [7, 11) is 1.49. The van der Waals surface area contributed by atoms with Crippen molar-refractivity contribution in [3.63, 3.8) is 0 Å². The van der Waals surface area contributed by atoms with Gasteiger partial charge in [0, 0.05) is 11.8 Å². The van der Waals surface area contributed by atoms with Gasteiger partial charge in [-0.2, -0.15) is 0 Å². The number of rotatable bonds is 6. The van der Waals surface area contributed by atoms with Crippen LogP contribution in [0.4, 0.5) is 15.8 Å². The highest BCUT2D eigenvalue weighted by molar-refractivity contribution is 8.14. The lowest BCUT2D eigenvalue weighted by molar-refractivity contribution is -0.114. The number of halogens is 2. The van der Waals surface area contributed by atoms with Gasteiger partial charge in [0.15, 0.2) is 5.17 Å². The molecule has 0 spiro atoms. The molecule has 0 aliphatic carbocycles. The van der Waals surface area contributed by atoms with Crippen LogP contribution in [0.5, 0.6) is 5.75 Å². The molecule has 10 heteroatoms. The minimum absolute atomic E-state index is 0.0585. The largest absolute Gasteiger partial charge is 0.495 e. The third kappa shape index (κ3) is 5.27. The molecule has 0 bridgehead atoms. The zero-order chi connectivity index (χ0) is 23.4. The molecule has 1 N–H and O–H groups in total. The van der Waals surface area contributed by atoms with Crippen LogP contribution < -0.4 is 15.0 Å². The van der Waals surface area contributed by atoms with Crippen LogP contribution in [0.15, 0.2) is 76.0 Å². The Morgan fingerprint density at radius 2 is 2.12 bits per heavy atom. The maximum Gasteiger partial charge on any atom is 0.283 e. The van der Waals surface area contributed by atoms with Crippen molar-refractivity contribution in [3.05, 3.63) is 83.2 Å². The molecule has 2 heterocycles. The van der Waals surface area contributed by atoms with Crippen molar-refractivity contribution in [2.45, 2.75) is 0 Å². The molecule has 0 atom stereocenters. The third-order valence-electron chi connectivity index (χ3n) is 4.49. The maximum atomic E-state index is 13.4. The van der Waals surface area contributed by atoms with Crippen molar-refractivity contribution in [1.82, 2.24) is 0 Å².